The van der Waals surface area contributed by atoms with Crippen molar-refractivity contribution in [1.29, 1.82) is 0 Å². The summed E-state index contributed by atoms with van der Waals surface area (Å²) >= 11 is 0. The van der Waals surface area contributed by atoms with E-state index in [9.17, 15) is 0 Å². The molecule has 106 valence electrons. The van der Waals surface area contributed by atoms with Crippen LogP contribution in [0.4, 0.5) is 0 Å². The van der Waals surface area contributed by atoms with E-state index >= 15 is 0 Å². The molecule has 0 aliphatic carbocycles. The molecule has 1 saturated heterocycles. The summed E-state index contributed by atoms with van der Waals surface area (Å²) in [7, 11) is 0. The van der Waals surface area contributed by atoms with Gasteiger partial charge in [0.1, 0.15) is 0 Å². The molecule has 2 heteroatoms. The Kier molecular flexibility index (Phi) is 4.32. The molecule has 1 heterocycles. The van der Waals surface area contributed by atoms with Gasteiger partial charge in [-0.3, -0.25) is 4.90 Å². The number of nitrogens with zero attached hydrogens (tertiary/aromatic N) is 1. The lowest BCUT2D eigenvalue weighted by atomic mass is 9.82. The molecule has 1 atom stereocenters. The lowest BCUT2D eigenvalue weighted by Crippen LogP contribution is -2.42. The molecule has 0 spiro atoms. The second kappa shape index (κ2) is 5.64. The van der Waals surface area contributed by atoms with Crippen molar-refractivity contribution >= 4 is 0 Å². The van der Waals surface area contributed by atoms with Gasteiger partial charge in [0.25, 0.3) is 0 Å². The minimum atomic E-state index is 0.384. The predicted molar refractivity (Wildman–Crippen MR) is 82.3 cm³/mol. The van der Waals surface area contributed by atoms with Crippen molar-refractivity contribution in [2.75, 3.05) is 19.6 Å². The molecule has 19 heavy (non-hydrogen) atoms. The molecule has 0 bridgehead atoms. The summed E-state index contributed by atoms with van der Waals surface area (Å²) in [4.78, 5) is 2.57. The van der Waals surface area contributed by atoms with Gasteiger partial charge >= 0.3 is 0 Å². The first-order valence-corrected chi connectivity index (χ1v) is 7.43. The fourth-order valence-electron chi connectivity index (χ4n) is 3.14. The van der Waals surface area contributed by atoms with Crippen molar-refractivity contribution in [2.24, 2.45) is 11.1 Å². The van der Waals surface area contributed by atoms with Crippen LogP contribution in [-0.2, 0) is 0 Å². The lowest BCUT2D eigenvalue weighted by Gasteiger charge is -2.41. The van der Waals surface area contributed by atoms with Gasteiger partial charge < -0.3 is 5.73 Å². The molecule has 1 aliphatic rings. The Morgan fingerprint density at radius 3 is 2.11 bits per heavy atom. The van der Waals surface area contributed by atoms with E-state index in [0.29, 0.717) is 18.0 Å². The van der Waals surface area contributed by atoms with Crippen LogP contribution in [0.25, 0.3) is 0 Å². The highest BCUT2D eigenvalue weighted by atomic mass is 15.2. The van der Waals surface area contributed by atoms with E-state index in [0.717, 1.165) is 0 Å². The van der Waals surface area contributed by atoms with Gasteiger partial charge in [0, 0.05) is 12.6 Å². The van der Waals surface area contributed by atoms with Crippen LogP contribution < -0.4 is 5.73 Å². The van der Waals surface area contributed by atoms with Crippen molar-refractivity contribution in [3.05, 3.63) is 34.9 Å². The summed E-state index contributed by atoms with van der Waals surface area (Å²) in [5, 5.41) is 0. The van der Waals surface area contributed by atoms with Gasteiger partial charge in [-0.25, -0.2) is 0 Å². The Balaban J connectivity index is 2.16. The Morgan fingerprint density at radius 1 is 1.11 bits per heavy atom. The molecule has 1 unspecified atom stereocenters. The largest absolute Gasteiger partial charge is 0.329 e. The standard InChI is InChI=1S/C17H28N2/c1-13-9-14(2)11-15(10-13)16(12-18)19-7-5-17(3,4)6-8-19/h9-11,16H,5-8,12,18H2,1-4H3. The van der Waals surface area contributed by atoms with Gasteiger partial charge in [0.2, 0.25) is 0 Å². The topological polar surface area (TPSA) is 29.3 Å². The third-order valence-corrected chi connectivity index (χ3v) is 4.44. The molecule has 0 saturated carbocycles. The van der Waals surface area contributed by atoms with Crippen LogP contribution in [0.3, 0.4) is 0 Å². The van der Waals surface area contributed by atoms with E-state index in [4.69, 9.17) is 5.73 Å². The summed E-state index contributed by atoms with van der Waals surface area (Å²) in [5.41, 5.74) is 10.6. The van der Waals surface area contributed by atoms with Crippen LogP contribution in [0.5, 0.6) is 0 Å². The summed E-state index contributed by atoms with van der Waals surface area (Å²) in [6.45, 7) is 12.1. The van der Waals surface area contributed by atoms with Crippen molar-refractivity contribution < 1.29 is 0 Å². The lowest BCUT2D eigenvalue weighted by molar-refractivity contribution is 0.0963. The zero-order valence-electron chi connectivity index (χ0n) is 12.9. The molecule has 0 radical (unpaired) electrons. The number of piperidine rings is 1. The van der Waals surface area contributed by atoms with Crippen molar-refractivity contribution in [3.8, 4) is 0 Å². The molecule has 2 N–H and O–H groups in total. The molecule has 2 nitrogen and oxygen atoms in total. The van der Waals surface area contributed by atoms with Crippen LogP contribution >= 0.6 is 0 Å². The summed E-state index contributed by atoms with van der Waals surface area (Å²) in [5.74, 6) is 0. The number of benzene rings is 1. The fourth-order valence-corrected chi connectivity index (χ4v) is 3.14. The van der Waals surface area contributed by atoms with Crippen molar-refractivity contribution in [2.45, 2.75) is 46.6 Å². The van der Waals surface area contributed by atoms with Crippen LogP contribution in [-0.4, -0.2) is 24.5 Å². The Bertz CT molecular complexity index is 407. The summed E-state index contributed by atoms with van der Waals surface area (Å²) in [6.07, 6.45) is 2.54. The molecule has 0 aromatic heterocycles. The van der Waals surface area contributed by atoms with E-state index in [1.165, 1.54) is 42.6 Å². The van der Waals surface area contributed by atoms with Crippen LogP contribution in [0.1, 0.15) is 49.4 Å². The highest BCUT2D eigenvalue weighted by molar-refractivity contribution is 5.31. The van der Waals surface area contributed by atoms with E-state index in [2.05, 4.69) is 50.8 Å². The second-order valence-corrected chi connectivity index (χ2v) is 6.87. The number of likely N-dealkylation sites (tertiary alicyclic amines) is 1. The van der Waals surface area contributed by atoms with Gasteiger partial charge in [-0.2, -0.15) is 0 Å². The molecular formula is C17H28N2. The number of rotatable bonds is 3. The summed E-state index contributed by atoms with van der Waals surface area (Å²) < 4.78 is 0. The fraction of sp³-hybridized carbons (Fsp3) is 0.647. The van der Waals surface area contributed by atoms with Gasteiger partial charge in [0.15, 0.2) is 0 Å². The Morgan fingerprint density at radius 2 is 1.63 bits per heavy atom. The first-order chi connectivity index (χ1) is 8.91. The molecular weight excluding hydrogens is 232 g/mol. The molecule has 1 aliphatic heterocycles. The maximum atomic E-state index is 6.06. The third-order valence-electron chi connectivity index (χ3n) is 4.44. The van der Waals surface area contributed by atoms with Gasteiger partial charge in [-0.05, 0) is 50.8 Å². The highest BCUT2D eigenvalue weighted by Gasteiger charge is 2.29. The zero-order chi connectivity index (χ0) is 14.0. The average molecular weight is 260 g/mol. The first-order valence-electron chi connectivity index (χ1n) is 7.43. The molecule has 1 fully saturated rings. The van der Waals surface area contributed by atoms with Crippen molar-refractivity contribution in [3.63, 3.8) is 0 Å². The number of nitrogens with two attached hydrogens (primary N) is 1. The quantitative estimate of drug-likeness (QED) is 0.902. The Labute approximate surface area is 118 Å². The average Bonchev–Trinajstić information content (AvgIpc) is 2.31. The van der Waals surface area contributed by atoms with Gasteiger partial charge in [-0.15, -0.1) is 0 Å². The zero-order valence-corrected chi connectivity index (χ0v) is 12.9. The van der Waals surface area contributed by atoms with Gasteiger partial charge in [0.05, 0.1) is 0 Å². The smallest absolute Gasteiger partial charge is 0.0470 e. The normalized spacial score (nSPS) is 21.3. The minimum absolute atomic E-state index is 0.384. The highest BCUT2D eigenvalue weighted by Crippen LogP contribution is 2.33. The van der Waals surface area contributed by atoms with E-state index in [-0.39, 0.29) is 0 Å². The molecule has 1 aromatic carbocycles. The SMILES string of the molecule is Cc1cc(C)cc(C(CN)N2CCC(C)(C)CC2)c1. The molecule has 1 aromatic rings. The Hall–Kier alpha value is -0.860. The predicted octanol–water partition coefficient (Wildman–Crippen LogP) is 3.43. The first kappa shape index (κ1) is 14.5. The number of aryl methyl sites for hydroxylation is 2. The minimum Gasteiger partial charge on any atom is -0.329 e. The number of hydrogen-bond acceptors (Lipinski definition) is 2. The van der Waals surface area contributed by atoms with Crippen LogP contribution in [0.15, 0.2) is 18.2 Å². The van der Waals surface area contributed by atoms with Gasteiger partial charge in [-0.1, -0.05) is 43.2 Å². The van der Waals surface area contributed by atoms with Crippen LogP contribution in [0.2, 0.25) is 0 Å². The van der Waals surface area contributed by atoms with E-state index in [1.807, 2.05) is 0 Å². The van der Waals surface area contributed by atoms with Crippen LogP contribution in [0, 0.1) is 19.3 Å². The number of hydrogen-bond donors (Lipinski definition) is 1. The maximum absolute atomic E-state index is 6.06. The molecule has 0 amide bonds. The molecule has 2 rings (SSSR count). The van der Waals surface area contributed by atoms with E-state index in [1.54, 1.807) is 0 Å². The second-order valence-electron chi connectivity index (χ2n) is 6.87. The maximum Gasteiger partial charge on any atom is 0.0470 e. The third kappa shape index (κ3) is 3.58. The monoisotopic (exact) mass is 260 g/mol. The summed E-state index contributed by atoms with van der Waals surface area (Å²) in [6, 6.07) is 7.21. The van der Waals surface area contributed by atoms with E-state index < -0.39 is 0 Å². The van der Waals surface area contributed by atoms with Crippen molar-refractivity contribution in [1.82, 2.24) is 4.90 Å².